The Kier molecular flexibility index (Phi) is 3.55. The number of benzene rings is 1. The largest absolute Gasteiger partial charge is 0.493 e. The molecule has 1 aliphatic rings. The molecule has 4 nitrogen and oxygen atoms in total. The van der Waals surface area contributed by atoms with Crippen molar-refractivity contribution >= 4 is 5.91 Å². The molecule has 1 heterocycles. The lowest BCUT2D eigenvalue weighted by atomic mass is 10.1. The minimum Gasteiger partial charge on any atom is -0.493 e. The number of nitrogens with zero attached hydrogens (tertiary/aromatic N) is 1. The molecule has 18 heavy (non-hydrogen) atoms. The lowest BCUT2D eigenvalue weighted by Crippen LogP contribution is -2.37. The number of rotatable bonds is 3. The Morgan fingerprint density at radius 3 is 3.06 bits per heavy atom. The number of methoxy groups -OCH3 is 1. The second kappa shape index (κ2) is 5.12. The zero-order chi connectivity index (χ0) is 13.1. The lowest BCUT2D eigenvalue weighted by molar-refractivity contribution is -0.137. The molecule has 0 radical (unpaired) electrons. The van der Waals surface area contributed by atoms with Crippen molar-refractivity contribution in [2.24, 2.45) is 0 Å². The van der Waals surface area contributed by atoms with Gasteiger partial charge in [0.25, 0.3) is 5.91 Å². The van der Waals surface area contributed by atoms with E-state index < -0.39 is 6.10 Å². The number of fused-ring (bicyclic) bond motifs is 1. The fourth-order valence-electron chi connectivity index (χ4n) is 2.06. The summed E-state index contributed by atoms with van der Waals surface area (Å²) >= 11 is 0. The van der Waals surface area contributed by atoms with E-state index in [0.717, 1.165) is 5.56 Å². The summed E-state index contributed by atoms with van der Waals surface area (Å²) in [7, 11) is 1.60. The van der Waals surface area contributed by atoms with Crippen molar-refractivity contribution in [3.63, 3.8) is 0 Å². The first-order chi connectivity index (χ1) is 8.67. The average molecular weight is 247 g/mol. The molecule has 0 saturated carbocycles. The highest BCUT2D eigenvalue weighted by Crippen LogP contribution is 2.34. The molecule has 0 N–H and O–H groups in total. The first kappa shape index (κ1) is 12.5. The zero-order valence-corrected chi connectivity index (χ0v) is 10.7. The standard InChI is InChI=1S/C14H17NO3/c1-4-8-15-9-11-6-5-7-12(17-3)13(11)18-10(2)14(15)16/h4-7,10H,1,8-9H2,2-3H3/t10-/m0/s1. The fraction of sp³-hybridized carbons (Fsp3) is 0.357. The quantitative estimate of drug-likeness (QED) is 0.767. The molecule has 0 fully saturated rings. The Morgan fingerprint density at radius 1 is 1.61 bits per heavy atom. The molecule has 96 valence electrons. The predicted octanol–water partition coefficient (Wildman–Crippen LogP) is 1.99. The summed E-state index contributed by atoms with van der Waals surface area (Å²) < 4.78 is 11.0. The number of hydrogen-bond donors (Lipinski definition) is 0. The SMILES string of the molecule is C=CCN1Cc2cccc(OC)c2O[C@@H](C)C1=O. The van der Waals surface area contributed by atoms with E-state index in [9.17, 15) is 4.79 Å². The Hall–Kier alpha value is -1.97. The van der Waals surface area contributed by atoms with Gasteiger partial charge in [0, 0.05) is 18.7 Å². The van der Waals surface area contributed by atoms with Crippen LogP contribution < -0.4 is 9.47 Å². The molecular weight excluding hydrogens is 230 g/mol. The summed E-state index contributed by atoms with van der Waals surface area (Å²) in [5.41, 5.74) is 0.953. The maximum Gasteiger partial charge on any atom is 0.263 e. The van der Waals surface area contributed by atoms with Gasteiger partial charge in [0.2, 0.25) is 0 Å². The number of para-hydroxylation sites is 1. The normalized spacial score (nSPS) is 18.7. The third kappa shape index (κ3) is 2.18. The predicted molar refractivity (Wildman–Crippen MR) is 68.7 cm³/mol. The van der Waals surface area contributed by atoms with Gasteiger partial charge in [-0.05, 0) is 13.0 Å². The van der Waals surface area contributed by atoms with Gasteiger partial charge in [0.15, 0.2) is 17.6 Å². The smallest absolute Gasteiger partial charge is 0.263 e. The Balaban J connectivity index is 2.42. The zero-order valence-electron chi connectivity index (χ0n) is 10.7. The number of ether oxygens (including phenoxy) is 2. The van der Waals surface area contributed by atoms with Crippen LogP contribution in [0.25, 0.3) is 0 Å². The van der Waals surface area contributed by atoms with Crippen LogP contribution in [-0.4, -0.2) is 30.6 Å². The molecule has 0 spiro atoms. The van der Waals surface area contributed by atoms with E-state index in [-0.39, 0.29) is 5.91 Å². The molecule has 4 heteroatoms. The first-order valence-corrected chi connectivity index (χ1v) is 5.89. The Bertz CT molecular complexity index is 470. The minimum atomic E-state index is -0.512. The van der Waals surface area contributed by atoms with E-state index >= 15 is 0 Å². The molecule has 1 amide bonds. The third-order valence-electron chi connectivity index (χ3n) is 2.95. The molecular formula is C14H17NO3. The van der Waals surface area contributed by atoms with E-state index in [1.807, 2.05) is 18.2 Å². The van der Waals surface area contributed by atoms with Gasteiger partial charge >= 0.3 is 0 Å². The van der Waals surface area contributed by atoms with E-state index in [4.69, 9.17) is 9.47 Å². The summed E-state index contributed by atoms with van der Waals surface area (Å²) in [6.45, 7) is 6.46. The van der Waals surface area contributed by atoms with Gasteiger partial charge in [-0.15, -0.1) is 6.58 Å². The summed E-state index contributed by atoms with van der Waals surface area (Å²) in [4.78, 5) is 13.8. The number of amides is 1. The van der Waals surface area contributed by atoms with Gasteiger partial charge in [-0.2, -0.15) is 0 Å². The van der Waals surface area contributed by atoms with Crippen LogP contribution >= 0.6 is 0 Å². The number of carbonyl (C=O) groups is 1. The van der Waals surface area contributed by atoms with Gasteiger partial charge < -0.3 is 14.4 Å². The van der Waals surface area contributed by atoms with Crippen LogP contribution in [-0.2, 0) is 11.3 Å². The summed E-state index contributed by atoms with van der Waals surface area (Å²) in [6, 6.07) is 5.67. The molecule has 0 aliphatic carbocycles. The third-order valence-corrected chi connectivity index (χ3v) is 2.95. The monoisotopic (exact) mass is 247 g/mol. The number of carbonyl (C=O) groups excluding carboxylic acids is 1. The fourth-order valence-corrected chi connectivity index (χ4v) is 2.06. The summed E-state index contributed by atoms with van der Waals surface area (Å²) in [6.07, 6.45) is 1.21. The van der Waals surface area contributed by atoms with Gasteiger partial charge in [-0.3, -0.25) is 4.79 Å². The average Bonchev–Trinajstić information content (AvgIpc) is 2.49. The van der Waals surface area contributed by atoms with Crippen molar-refractivity contribution in [3.05, 3.63) is 36.4 Å². The molecule has 2 rings (SSSR count). The second-order valence-corrected chi connectivity index (χ2v) is 4.22. The highest BCUT2D eigenvalue weighted by atomic mass is 16.5. The van der Waals surface area contributed by atoms with E-state index in [0.29, 0.717) is 24.6 Å². The number of hydrogen-bond acceptors (Lipinski definition) is 3. The van der Waals surface area contributed by atoms with E-state index in [1.54, 1.807) is 25.0 Å². The molecule has 0 aromatic heterocycles. The maximum absolute atomic E-state index is 12.1. The molecule has 0 bridgehead atoms. The van der Waals surface area contributed by atoms with Crippen molar-refractivity contribution < 1.29 is 14.3 Å². The highest BCUT2D eigenvalue weighted by Gasteiger charge is 2.28. The van der Waals surface area contributed by atoms with Crippen LogP contribution in [0.5, 0.6) is 11.5 Å². The van der Waals surface area contributed by atoms with Crippen molar-refractivity contribution in [2.75, 3.05) is 13.7 Å². The van der Waals surface area contributed by atoms with Crippen LogP contribution in [0.15, 0.2) is 30.9 Å². The maximum atomic E-state index is 12.1. The Morgan fingerprint density at radius 2 is 2.39 bits per heavy atom. The van der Waals surface area contributed by atoms with E-state index in [2.05, 4.69) is 6.58 Å². The van der Waals surface area contributed by atoms with Crippen LogP contribution in [0.4, 0.5) is 0 Å². The summed E-state index contributed by atoms with van der Waals surface area (Å²) in [5, 5.41) is 0. The molecule has 1 aromatic carbocycles. The second-order valence-electron chi connectivity index (χ2n) is 4.22. The topological polar surface area (TPSA) is 38.8 Å². The highest BCUT2D eigenvalue weighted by molar-refractivity contribution is 5.82. The van der Waals surface area contributed by atoms with Gasteiger partial charge in [-0.25, -0.2) is 0 Å². The van der Waals surface area contributed by atoms with Crippen LogP contribution in [0.2, 0.25) is 0 Å². The van der Waals surface area contributed by atoms with Crippen molar-refractivity contribution in [2.45, 2.75) is 19.6 Å². The van der Waals surface area contributed by atoms with Crippen LogP contribution in [0.3, 0.4) is 0 Å². The van der Waals surface area contributed by atoms with Gasteiger partial charge in [-0.1, -0.05) is 18.2 Å². The van der Waals surface area contributed by atoms with Crippen LogP contribution in [0.1, 0.15) is 12.5 Å². The molecule has 1 aliphatic heterocycles. The minimum absolute atomic E-state index is 0.0341. The van der Waals surface area contributed by atoms with Crippen LogP contribution in [0, 0.1) is 0 Å². The summed E-state index contributed by atoms with van der Waals surface area (Å²) in [5.74, 6) is 1.29. The van der Waals surface area contributed by atoms with Gasteiger partial charge in [0.1, 0.15) is 0 Å². The van der Waals surface area contributed by atoms with Gasteiger partial charge in [0.05, 0.1) is 7.11 Å². The Labute approximate surface area is 107 Å². The lowest BCUT2D eigenvalue weighted by Gasteiger charge is -2.20. The van der Waals surface area contributed by atoms with Crippen molar-refractivity contribution in [3.8, 4) is 11.5 Å². The first-order valence-electron chi connectivity index (χ1n) is 5.89. The molecule has 0 unspecified atom stereocenters. The van der Waals surface area contributed by atoms with E-state index in [1.165, 1.54) is 0 Å². The van der Waals surface area contributed by atoms with Crippen molar-refractivity contribution in [1.82, 2.24) is 4.90 Å². The molecule has 1 aromatic rings. The molecule has 1 atom stereocenters. The molecule has 0 saturated heterocycles. The van der Waals surface area contributed by atoms with Crippen molar-refractivity contribution in [1.29, 1.82) is 0 Å².